The van der Waals surface area contributed by atoms with Gasteiger partial charge in [-0.05, 0) is 103 Å². The Morgan fingerprint density at radius 3 is 2.38 bits per heavy atom. The minimum atomic E-state index is -1.09. The Kier molecular flexibility index (Phi) is 3.98. The first-order chi connectivity index (χ1) is 13.5. The molecule has 5 aliphatic rings. The van der Waals surface area contributed by atoms with Gasteiger partial charge < -0.3 is 19.8 Å². The van der Waals surface area contributed by atoms with Crippen LogP contribution in [0.15, 0.2) is 11.1 Å². The van der Waals surface area contributed by atoms with E-state index in [2.05, 4.69) is 27.7 Å². The third-order valence-corrected chi connectivity index (χ3v) is 10.6. The number of rotatable bonds is 3. The Labute approximate surface area is 174 Å². The van der Waals surface area contributed by atoms with Crippen LogP contribution in [0.2, 0.25) is 0 Å². The molecule has 4 heteroatoms. The van der Waals surface area contributed by atoms with Crippen molar-refractivity contribution in [2.75, 3.05) is 0 Å². The van der Waals surface area contributed by atoms with Crippen LogP contribution in [-0.4, -0.2) is 11.9 Å². The number of carbonyl (C=O) groups excluding carboxylic acids is 2. The maximum Gasteiger partial charge on any atom is 0.0674 e. The van der Waals surface area contributed by atoms with Crippen molar-refractivity contribution >= 4 is 11.9 Å². The largest absolute Gasteiger partial charge is 0.550 e. The van der Waals surface area contributed by atoms with Crippen molar-refractivity contribution in [3.05, 3.63) is 11.1 Å². The fourth-order valence-electron chi connectivity index (χ4n) is 8.99. The summed E-state index contributed by atoms with van der Waals surface area (Å²) in [4.78, 5) is 24.7. The van der Waals surface area contributed by atoms with Crippen molar-refractivity contribution in [1.82, 2.24) is 0 Å². The molecule has 0 bridgehead atoms. The van der Waals surface area contributed by atoms with E-state index in [4.69, 9.17) is 0 Å². The lowest BCUT2D eigenvalue weighted by Gasteiger charge is -2.56. The van der Waals surface area contributed by atoms with Gasteiger partial charge in [-0.2, -0.15) is 0 Å². The Balaban J connectivity index is 1.69. The zero-order valence-corrected chi connectivity index (χ0v) is 18.3. The van der Waals surface area contributed by atoms with E-state index in [0.29, 0.717) is 48.5 Å². The molecule has 29 heavy (non-hydrogen) atoms. The average molecular weight is 399 g/mol. The number of allylic oxidation sites excluding steroid dienone is 1. The molecule has 5 rings (SSSR count). The van der Waals surface area contributed by atoms with Gasteiger partial charge in [0.2, 0.25) is 0 Å². The van der Waals surface area contributed by atoms with E-state index in [9.17, 15) is 19.8 Å². The minimum absolute atomic E-state index is 0.0524. The molecule has 0 aromatic rings. The molecule has 4 saturated carbocycles. The molecule has 0 aliphatic heterocycles. The van der Waals surface area contributed by atoms with Gasteiger partial charge >= 0.3 is 0 Å². The quantitative estimate of drug-likeness (QED) is 0.732. The van der Waals surface area contributed by atoms with E-state index in [0.717, 1.165) is 24.8 Å². The van der Waals surface area contributed by atoms with Crippen molar-refractivity contribution in [2.24, 2.45) is 51.8 Å². The lowest BCUT2D eigenvalue weighted by Crippen LogP contribution is -2.57. The molecule has 0 unspecified atom stereocenters. The first-order valence-corrected chi connectivity index (χ1v) is 11.7. The molecular formula is C25H34O4-2. The van der Waals surface area contributed by atoms with Crippen LogP contribution in [0.1, 0.15) is 79.1 Å². The number of carboxylic acids is 2. The summed E-state index contributed by atoms with van der Waals surface area (Å²) in [6.45, 7) is 9.29. The topological polar surface area (TPSA) is 80.3 Å². The highest BCUT2D eigenvalue weighted by Gasteiger charge is 2.71. The number of hydrogen-bond donors (Lipinski definition) is 0. The summed E-state index contributed by atoms with van der Waals surface area (Å²) in [5.74, 6) is 0.216. The predicted octanol–water partition coefficient (Wildman–Crippen LogP) is 2.71. The molecule has 4 nitrogen and oxygen atoms in total. The van der Waals surface area contributed by atoms with Gasteiger partial charge in [0.05, 0.1) is 5.97 Å². The van der Waals surface area contributed by atoms with Crippen molar-refractivity contribution in [1.29, 1.82) is 0 Å². The van der Waals surface area contributed by atoms with Crippen LogP contribution in [0.3, 0.4) is 0 Å². The first-order valence-electron chi connectivity index (χ1n) is 11.7. The summed E-state index contributed by atoms with van der Waals surface area (Å²) in [7, 11) is 0. The van der Waals surface area contributed by atoms with Crippen molar-refractivity contribution in [3.8, 4) is 0 Å². The summed E-state index contributed by atoms with van der Waals surface area (Å²) in [5.41, 5.74) is 0.677. The summed E-state index contributed by atoms with van der Waals surface area (Å²) < 4.78 is 0. The number of aliphatic carboxylic acids is 2. The molecule has 0 saturated heterocycles. The maximum atomic E-state index is 12.9. The number of carboxylic acid groups (broad SMARTS) is 2. The van der Waals surface area contributed by atoms with Crippen LogP contribution < -0.4 is 10.2 Å². The second kappa shape index (κ2) is 5.88. The third kappa shape index (κ3) is 2.38. The highest BCUT2D eigenvalue weighted by atomic mass is 16.4. The predicted molar refractivity (Wildman–Crippen MR) is 105 cm³/mol. The van der Waals surface area contributed by atoms with Gasteiger partial charge in [0.1, 0.15) is 0 Å². The van der Waals surface area contributed by atoms with Gasteiger partial charge in [-0.1, -0.05) is 33.3 Å². The number of fused-ring (bicyclic) bond motifs is 7. The molecule has 0 spiro atoms. The van der Waals surface area contributed by atoms with E-state index in [1.54, 1.807) is 0 Å². The lowest BCUT2D eigenvalue weighted by molar-refractivity contribution is -0.327. The molecule has 5 aliphatic carbocycles. The van der Waals surface area contributed by atoms with Crippen LogP contribution in [0.5, 0.6) is 0 Å². The summed E-state index contributed by atoms with van der Waals surface area (Å²) in [5, 5.41) is 24.7. The summed E-state index contributed by atoms with van der Waals surface area (Å²) in [6, 6.07) is 0. The van der Waals surface area contributed by atoms with E-state index in [-0.39, 0.29) is 22.7 Å². The second-order valence-electron chi connectivity index (χ2n) is 12.0. The minimum Gasteiger partial charge on any atom is -0.550 e. The average Bonchev–Trinajstić information content (AvgIpc) is 2.99. The zero-order valence-electron chi connectivity index (χ0n) is 18.3. The van der Waals surface area contributed by atoms with Crippen LogP contribution >= 0.6 is 0 Å². The molecule has 0 amide bonds. The zero-order chi connectivity index (χ0) is 20.9. The van der Waals surface area contributed by atoms with Crippen molar-refractivity contribution in [2.45, 2.75) is 79.1 Å². The number of hydrogen-bond acceptors (Lipinski definition) is 4. The van der Waals surface area contributed by atoms with Crippen LogP contribution in [0, 0.1) is 51.8 Å². The molecular weight excluding hydrogens is 364 g/mol. The summed E-state index contributed by atoms with van der Waals surface area (Å²) >= 11 is 0. The Hall–Kier alpha value is -1.32. The number of carbonyl (C=O) groups is 2. The first kappa shape index (κ1) is 19.6. The molecule has 160 valence electrons. The molecule has 0 heterocycles. The van der Waals surface area contributed by atoms with Crippen LogP contribution in [0.4, 0.5) is 0 Å². The normalized spacial score (nSPS) is 50.4. The molecule has 0 aromatic heterocycles. The van der Waals surface area contributed by atoms with Gasteiger partial charge in [0, 0.05) is 11.4 Å². The van der Waals surface area contributed by atoms with Crippen molar-refractivity contribution in [3.63, 3.8) is 0 Å². The van der Waals surface area contributed by atoms with E-state index in [1.165, 1.54) is 12.8 Å². The van der Waals surface area contributed by atoms with E-state index in [1.807, 2.05) is 0 Å². The third-order valence-electron chi connectivity index (χ3n) is 10.6. The van der Waals surface area contributed by atoms with Gasteiger partial charge in [0.25, 0.3) is 0 Å². The van der Waals surface area contributed by atoms with Crippen LogP contribution in [-0.2, 0) is 9.59 Å². The molecule has 0 aromatic carbocycles. The molecule has 0 N–H and O–H groups in total. The SMILES string of the molecule is CC(C)[C@H]1CC[C@@]2(C)CC[C@]3(C(=O)[O-])CC4=C(C(=O)[O-])CC[C@H]4[C@]4(C)C[C@@H]4[C@H]3[C@H]12. The van der Waals surface area contributed by atoms with Gasteiger partial charge in [-0.25, -0.2) is 0 Å². The summed E-state index contributed by atoms with van der Waals surface area (Å²) in [6.07, 6.45) is 6.76. The molecule has 8 atom stereocenters. The Bertz CT molecular complexity index is 812. The lowest BCUT2D eigenvalue weighted by atomic mass is 9.49. The highest BCUT2D eigenvalue weighted by molar-refractivity contribution is 5.87. The van der Waals surface area contributed by atoms with Crippen LogP contribution in [0.25, 0.3) is 0 Å². The highest BCUT2D eigenvalue weighted by Crippen LogP contribution is 2.77. The van der Waals surface area contributed by atoms with Gasteiger partial charge in [-0.3, -0.25) is 0 Å². The Morgan fingerprint density at radius 2 is 1.76 bits per heavy atom. The molecule has 4 fully saturated rings. The smallest absolute Gasteiger partial charge is 0.0674 e. The maximum absolute atomic E-state index is 12.9. The van der Waals surface area contributed by atoms with Crippen molar-refractivity contribution < 1.29 is 19.8 Å². The van der Waals surface area contributed by atoms with E-state index < -0.39 is 17.4 Å². The fraction of sp³-hybridized carbons (Fsp3) is 0.840. The standard InChI is InChI=1S/C25H36O4/c1-13(2)14-7-8-23(3)9-10-25(22(28)29)11-16-15(21(26)27)5-6-17(16)24(4)12-18(24)20(25)19(14)23/h13-14,17-20H,5-12H2,1-4H3,(H,26,27)(H,28,29)/p-2/t14-,17-,18-,19+,20+,23+,24+,25+/m1/s1. The molecule has 0 radical (unpaired) electrons. The van der Waals surface area contributed by atoms with E-state index >= 15 is 0 Å². The Morgan fingerprint density at radius 1 is 1.03 bits per heavy atom. The van der Waals surface area contributed by atoms with Gasteiger partial charge in [0.15, 0.2) is 0 Å². The second-order valence-corrected chi connectivity index (χ2v) is 12.0. The van der Waals surface area contributed by atoms with Gasteiger partial charge in [-0.15, -0.1) is 0 Å². The fourth-order valence-corrected chi connectivity index (χ4v) is 8.99. The monoisotopic (exact) mass is 398 g/mol.